The Labute approximate surface area is 141 Å². The minimum atomic E-state index is -0.557. The van der Waals surface area contributed by atoms with Crippen molar-refractivity contribution in [2.45, 2.75) is 58.7 Å². The second-order valence-corrected chi connectivity index (χ2v) is 7.32. The molecule has 0 saturated carbocycles. The van der Waals surface area contributed by atoms with Gasteiger partial charge in [-0.15, -0.1) is 5.10 Å². The third-order valence-electron chi connectivity index (χ3n) is 3.69. The maximum Gasteiger partial charge on any atom is 0.377 e. The Kier molecular flexibility index (Phi) is 4.80. The Hall–Kier alpha value is -2.22. The molecule has 0 bridgehead atoms. The van der Waals surface area contributed by atoms with E-state index >= 15 is 0 Å². The predicted octanol–water partition coefficient (Wildman–Crippen LogP) is 1.49. The minimum absolute atomic E-state index is 0.0507. The molecule has 0 aliphatic rings. The van der Waals surface area contributed by atoms with E-state index in [2.05, 4.69) is 15.2 Å². The molecule has 0 aromatic carbocycles. The van der Waals surface area contributed by atoms with Crippen LogP contribution < -0.4 is 0 Å². The van der Waals surface area contributed by atoms with Crippen molar-refractivity contribution >= 4 is 5.97 Å². The van der Waals surface area contributed by atoms with Gasteiger partial charge in [0.2, 0.25) is 0 Å². The molecule has 0 radical (unpaired) electrons. The van der Waals surface area contributed by atoms with Gasteiger partial charge in [0.25, 0.3) is 5.82 Å². The van der Waals surface area contributed by atoms with Gasteiger partial charge in [-0.3, -0.25) is 4.68 Å². The van der Waals surface area contributed by atoms with Crippen LogP contribution in [0.4, 0.5) is 0 Å². The first-order chi connectivity index (χ1) is 11.1. The molecule has 8 heteroatoms. The molecule has 2 rings (SSSR count). The van der Waals surface area contributed by atoms with E-state index in [-0.39, 0.29) is 18.0 Å². The third kappa shape index (κ3) is 3.64. The molecule has 2 heterocycles. The fraction of sp³-hybridized carbons (Fsp3) is 0.625. The van der Waals surface area contributed by atoms with Crippen LogP contribution in [-0.2, 0) is 28.8 Å². The van der Waals surface area contributed by atoms with Crippen molar-refractivity contribution in [1.29, 1.82) is 0 Å². The van der Waals surface area contributed by atoms with Crippen molar-refractivity contribution in [3.05, 3.63) is 29.6 Å². The molecular weight excluding hydrogens is 310 g/mol. The largest absolute Gasteiger partial charge is 0.463 e. The zero-order valence-corrected chi connectivity index (χ0v) is 15.1. The monoisotopic (exact) mass is 335 g/mol. The van der Waals surface area contributed by atoms with Crippen LogP contribution in [-0.4, -0.2) is 42.7 Å². The lowest BCUT2D eigenvalue weighted by Crippen LogP contribution is -2.34. The van der Waals surface area contributed by atoms with Crippen molar-refractivity contribution < 1.29 is 14.6 Å². The third-order valence-corrected chi connectivity index (χ3v) is 3.69. The van der Waals surface area contributed by atoms with E-state index in [0.29, 0.717) is 17.9 Å². The highest BCUT2D eigenvalue weighted by atomic mass is 16.5. The van der Waals surface area contributed by atoms with Crippen LogP contribution in [0.3, 0.4) is 0 Å². The second kappa shape index (κ2) is 6.35. The highest BCUT2D eigenvalue weighted by Crippen LogP contribution is 2.24. The van der Waals surface area contributed by atoms with E-state index in [4.69, 9.17) is 4.74 Å². The Morgan fingerprint density at radius 2 is 1.92 bits per heavy atom. The van der Waals surface area contributed by atoms with E-state index in [1.807, 2.05) is 40.8 Å². The van der Waals surface area contributed by atoms with Crippen LogP contribution in [0.1, 0.15) is 56.8 Å². The summed E-state index contributed by atoms with van der Waals surface area (Å²) in [6.07, 6.45) is 2.34. The number of hydrogen-bond acceptors (Lipinski definition) is 6. The van der Waals surface area contributed by atoms with Crippen molar-refractivity contribution in [1.82, 2.24) is 24.5 Å². The topological polar surface area (TPSA) is 95.1 Å². The minimum Gasteiger partial charge on any atom is -0.463 e. The molecule has 8 nitrogen and oxygen atoms in total. The quantitative estimate of drug-likeness (QED) is 0.832. The highest BCUT2D eigenvalue weighted by Gasteiger charge is 2.30. The summed E-state index contributed by atoms with van der Waals surface area (Å²) in [4.78, 5) is 16.1. The predicted molar refractivity (Wildman–Crippen MR) is 87.5 cm³/mol. The lowest BCUT2D eigenvalue weighted by Gasteiger charge is -2.28. The first-order valence-corrected chi connectivity index (χ1v) is 7.79. The van der Waals surface area contributed by atoms with Crippen LogP contribution >= 0.6 is 0 Å². The summed E-state index contributed by atoms with van der Waals surface area (Å²) in [6.45, 7) is 9.92. The number of carbonyl (C=O) groups excluding carboxylic acids is 1. The molecule has 24 heavy (non-hydrogen) atoms. The zero-order chi connectivity index (χ0) is 18.1. The first kappa shape index (κ1) is 18.1. The Morgan fingerprint density at radius 3 is 2.42 bits per heavy atom. The van der Waals surface area contributed by atoms with Crippen LogP contribution in [0.25, 0.3) is 0 Å². The number of esters is 1. The number of methoxy groups -OCH3 is 1. The van der Waals surface area contributed by atoms with Crippen molar-refractivity contribution in [3.8, 4) is 0 Å². The molecule has 132 valence electrons. The summed E-state index contributed by atoms with van der Waals surface area (Å²) in [5.41, 5.74) is -0.127. The van der Waals surface area contributed by atoms with Gasteiger partial charge in [0.05, 0.1) is 30.5 Å². The van der Waals surface area contributed by atoms with Gasteiger partial charge in [-0.1, -0.05) is 0 Å². The summed E-state index contributed by atoms with van der Waals surface area (Å²) >= 11 is 0. The number of aromatic nitrogens is 5. The molecule has 1 N–H and O–H groups in total. The number of aliphatic hydroxyl groups excluding tert-OH is 1. The number of carbonyl (C=O) groups is 1. The van der Waals surface area contributed by atoms with Crippen LogP contribution in [0.15, 0.2) is 12.3 Å². The van der Waals surface area contributed by atoms with E-state index in [1.54, 1.807) is 15.4 Å². The summed E-state index contributed by atoms with van der Waals surface area (Å²) in [5.74, 6) is 0.169. The smallest absolute Gasteiger partial charge is 0.377 e. The van der Waals surface area contributed by atoms with Gasteiger partial charge >= 0.3 is 5.97 Å². The van der Waals surface area contributed by atoms with Crippen LogP contribution in [0.5, 0.6) is 0 Å². The fourth-order valence-electron chi connectivity index (χ4n) is 2.42. The summed E-state index contributed by atoms with van der Waals surface area (Å²) < 4.78 is 8.26. The van der Waals surface area contributed by atoms with Gasteiger partial charge in [-0.2, -0.15) is 5.10 Å². The van der Waals surface area contributed by atoms with Gasteiger partial charge in [0.1, 0.15) is 5.82 Å². The lowest BCUT2D eigenvalue weighted by molar-refractivity contribution is 0.0585. The van der Waals surface area contributed by atoms with E-state index in [1.165, 1.54) is 7.11 Å². The zero-order valence-electron chi connectivity index (χ0n) is 15.1. The van der Waals surface area contributed by atoms with E-state index < -0.39 is 11.5 Å². The lowest BCUT2D eigenvalue weighted by atomic mass is 9.99. The maximum absolute atomic E-state index is 11.8. The number of hydrogen-bond donors (Lipinski definition) is 1. The summed E-state index contributed by atoms with van der Waals surface area (Å²) in [7, 11) is 1.31. The molecule has 0 fully saturated rings. The van der Waals surface area contributed by atoms with Gasteiger partial charge in [0, 0.05) is 12.6 Å². The Bertz CT molecular complexity index is 724. The molecule has 0 saturated heterocycles. The molecule has 0 amide bonds. The number of rotatable bonds is 5. The van der Waals surface area contributed by atoms with Crippen LogP contribution in [0.2, 0.25) is 0 Å². The van der Waals surface area contributed by atoms with Crippen molar-refractivity contribution in [3.63, 3.8) is 0 Å². The SMILES string of the molecule is COC(=O)c1nc(CC(C)(C)n2ccc(CO)n2)n(C(C)(C)C)n1. The molecule has 0 atom stereocenters. The standard InChI is InChI=1S/C16H25N5O3/c1-15(2,3)21-12(17-13(19-21)14(23)24-6)9-16(4,5)20-8-7-11(10-22)18-20/h7-8,22H,9-10H2,1-6H3. The van der Waals surface area contributed by atoms with Crippen molar-refractivity contribution in [2.24, 2.45) is 0 Å². The van der Waals surface area contributed by atoms with Gasteiger partial charge in [0.15, 0.2) is 0 Å². The summed E-state index contributed by atoms with van der Waals surface area (Å²) in [6, 6.07) is 1.77. The molecule has 2 aromatic heterocycles. The second-order valence-electron chi connectivity index (χ2n) is 7.32. The molecule has 0 aliphatic carbocycles. The van der Waals surface area contributed by atoms with E-state index in [9.17, 15) is 9.90 Å². The maximum atomic E-state index is 11.8. The molecule has 2 aromatic rings. The first-order valence-electron chi connectivity index (χ1n) is 7.79. The number of nitrogens with zero attached hydrogens (tertiary/aromatic N) is 5. The van der Waals surface area contributed by atoms with Crippen molar-refractivity contribution in [2.75, 3.05) is 7.11 Å². The molecular formula is C16H25N5O3. The molecule has 0 spiro atoms. The van der Waals surface area contributed by atoms with Gasteiger partial charge in [-0.25, -0.2) is 14.5 Å². The van der Waals surface area contributed by atoms with Gasteiger partial charge < -0.3 is 9.84 Å². The average Bonchev–Trinajstić information content (AvgIpc) is 3.12. The average molecular weight is 335 g/mol. The fourth-order valence-corrected chi connectivity index (χ4v) is 2.42. The Balaban J connectivity index is 2.39. The van der Waals surface area contributed by atoms with E-state index in [0.717, 1.165) is 0 Å². The molecule has 0 aliphatic heterocycles. The summed E-state index contributed by atoms with van der Waals surface area (Å²) in [5, 5.41) is 17.9. The number of ether oxygens (including phenoxy) is 1. The van der Waals surface area contributed by atoms with Gasteiger partial charge in [-0.05, 0) is 40.7 Å². The highest BCUT2D eigenvalue weighted by molar-refractivity contribution is 5.84. The molecule has 0 unspecified atom stereocenters. The Morgan fingerprint density at radius 1 is 1.25 bits per heavy atom. The van der Waals surface area contributed by atoms with Crippen LogP contribution in [0, 0.1) is 0 Å². The normalized spacial score (nSPS) is 12.5. The number of aliphatic hydroxyl groups is 1.